The molecule has 4 aromatic rings. The number of hydrogen-bond acceptors (Lipinski definition) is 12. The molecule has 1 unspecified atom stereocenters. The molecule has 25 heteroatoms. The number of nitrogens with zero attached hydrogens (tertiary/aromatic N) is 3. The summed E-state index contributed by atoms with van der Waals surface area (Å²) in [7, 11) is -4.10. The predicted octanol–water partition coefficient (Wildman–Crippen LogP) is 2.63. The second-order valence-electron chi connectivity index (χ2n) is 19.7. The normalized spacial score (nSPS) is 20.5. The summed E-state index contributed by atoms with van der Waals surface area (Å²) in [6, 6.07) is 11.7. The van der Waals surface area contributed by atoms with Gasteiger partial charge in [-0.2, -0.15) is 8.78 Å². The third-order valence-electron chi connectivity index (χ3n) is 14.3. The van der Waals surface area contributed by atoms with Crippen LogP contribution in [-0.2, 0) is 50.3 Å². The average molecular weight is 1110 g/mol. The highest BCUT2D eigenvalue weighted by Crippen LogP contribution is 2.59. The summed E-state index contributed by atoms with van der Waals surface area (Å²) in [5, 5.41) is 13.4. The smallest absolute Gasteiger partial charge is 0.370 e. The number of piperidine rings is 1. The summed E-state index contributed by atoms with van der Waals surface area (Å²) >= 11 is 0.914. The van der Waals surface area contributed by atoms with Gasteiger partial charge in [0.05, 0.1) is 4.88 Å². The second kappa shape index (κ2) is 24.1. The topological polar surface area (TPSA) is 307 Å². The van der Waals surface area contributed by atoms with Crippen molar-refractivity contribution in [2.24, 2.45) is 5.73 Å². The molecule has 3 saturated heterocycles. The van der Waals surface area contributed by atoms with Gasteiger partial charge in [0.2, 0.25) is 41.4 Å². The predicted molar refractivity (Wildman–Crippen MR) is 279 cm³/mol. The Hall–Kier alpha value is -7.42. The number of fused-ring (bicyclic) bond motifs is 3. The Kier molecular flexibility index (Phi) is 17.5. The molecule has 412 valence electrons. The van der Waals surface area contributed by atoms with E-state index in [0.717, 1.165) is 23.5 Å². The number of amides is 9. The van der Waals surface area contributed by atoms with Crippen molar-refractivity contribution >= 4 is 82.2 Å². The zero-order chi connectivity index (χ0) is 56.1. The number of halogens is 2. The molecule has 0 spiro atoms. The molecule has 6 atom stereocenters. The lowest BCUT2D eigenvalue weighted by Gasteiger charge is -2.38. The lowest BCUT2D eigenvalue weighted by molar-refractivity contribution is -0.144. The fourth-order valence-electron chi connectivity index (χ4n) is 10.2. The monoisotopic (exact) mass is 1110 g/mol. The number of hydrogen-bond donors (Lipinski definition) is 8. The van der Waals surface area contributed by atoms with Crippen LogP contribution in [0.3, 0.4) is 0 Å². The molecule has 9 amide bonds. The molecule has 0 aliphatic carbocycles. The molecule has 0 saturated carbocycles. The molecule has 3 fully saturated rings. The number of nitrogens with one attached hydrogen (secondary N) is 5. The van der Waals surface area contributed by atoms with Gasteiger partial charge in [0, 0.05) is 66.3 Å². The molecule has 78 heavy (non-hydrogen) atoms. The van der Waals surface area contributed by atoms with Crippen molar-refractivity contribution < 1.29 is 66.3 Å². The quantitative estimate of drug-likeness (QED) is 0.0308. The van der Waals surface area contributed by atoms with E-state index < -0.39 is 96.4 Å². The van der Waals surface area contributed by atoms with Crippen LogP contribution < -0.4 is 32.3 Å². The maximum absolute atomic E-state index is 14.5. The number of unbranched alkanes of at least 4 members (excludes halogenated alkanes) is 2. The van der Waals surface area contributed by atoms with Gasteiger partial charge in [-0.15, -0.1) is 11.3 Å². The van der Waals surface area contributed by atoms with Gasteiger partial charge in [-0.1, -0.05) is 54.3 Å². The van der Waals surface area contributed by atoms with Crippen LogP contribution in [0.15, 0.2) is 72.8 Å². The summed E-state index contributed by atoms with van der Waals surface area (Å²) < 4.78 is 40.9. The summed E-state index contributed by atoms with van der Waals surface area (Å²) in [5.41, 5.74) is 2.30. The number of rotatable bonds is 18. The highest BCUT2D eigenvalue weighted by molar-refractivity contribution is 7.52. The van der Waals surface area contributed by atoms with Gasteiger partial charge in [-0.25, -0.2) is 0 Å². The zero-order valence-electron chi connectivity index (χ0n) is 42.3. The van der Waals surface area contributed by atoms with E-state index in [4.69, 9.17) is 5.73 Å². The first-order valence-electron chi connectivity index (χ1n) is 25.4. The van der Waals surface area contributed by atoms with Gasteiger partial charge in [0.15, 0.2) is 0 Å². The number of imide groups is 1. The largest absolute Gasteiger partial charge is 0.399 e. The third-order valence-corrected chi connectivity index (χ3v) is 16.4. The van der Waals surface area contributed by atoms with Crippen LogP contribution in [0, 0.1) is 11.8 Å². The minimum absolute atomic E-state index is 0.0234. The maximum atomic E-state index is 14.5. The van der Waals surface area contributed by atoms with Crippen LogP contribution in [0.5, 0.6) is 0 Å². The van der Waals surface area contributed by atoms with E-state index in [1.54, 1.807) is 55.6 Å². The van der Waals surface area contributed by atoms with Gasteiger partial charge in [-0.3, -0.25) is 53.0 Å². The summed E-state index contributed by atoms with van der Waals surface area (Å²) in [4.78, 5) is 143. The van der Waals surface area contributed by atoms with E-state index >= 15 is 0 Å². The minimum Gasteiger partial charge on any atom is -0.370 e. The first-order valence-corrected chi connectivity index (χ1v) is 27.8. The molecule has 21 nitrogen and oxygen atoms in total. The van der Waals surface area contributed by atoms with Crippen LogP contribution in [0.2, 0.25) is 0 Å². The van der Waals surface area contributed by atoms with Crippen molar-refractivity contribution in [3.8, 4) is 11.8 Å². The van der Waals surface area contributed by atoms with E-state index in [1.807, 2.05) is 4.90 Å². The molecule has 5 heterocycles. The number of carbonyl (C=O) groups excluding carboxylic acids is 9. The second-order valence-corrected chi connectivity index (χ2v) is 22.5. The highest BCUT2D eigenvalue weighted by atomic mass is 32.1. The molecular weight excluding hydrogens is 1060 g/mol. The van der Waals surface area contributed by atoms with Crippen LogP contribution in [0.25, 0.3) is 10.1 Å². The van der Waals surface area contributed by atoms with Crippen molar-refractivity contribution in [3.63, 3.8) is 0 Å². The zero-order valence-corrected chi connectivity index (χ0v) is 44.0. The first kappa shape index (κ1) is 56.8. The number of likely N-dealkylation sites (N-methyl/N-ethyl adjacent to an activating group) is 1. The van der Waals surface area contributed by atoms with Crippen molar-refractivity contribution in [1.29, 1.82) is 0 Å². The van der Waals surface area contributed by atoms with Gasteiger partial charge < -0.3 is 51.5 Å². The fourth-order valence-corrected chi connectivity index (χ4v) is 11.6. The van der Waals surface area contributed by atoms with Gasteiger partial charge in [0.25, 0.3) is 11.8 Å². The maximum Gasteiger partial charge on any atom is 0.399 e. The van der Waals surface area contributed by atoms with Crippen molar-refractivity contribution in [2.45, 2.75) is 113 Å². The summed E-state index contributed by atoms with van der Waals surface area (Å²) in [6.07, 6.45) is 2.39. The van der Waals surface area contributed by atoms with Crippen molar-refractivity contribution in [2.75, 3.05) is 26.7 Å². The number of benzene rings is 3. The van der Waals surface area contributed by atoms with Gasteiger partial charge in [-0.05, 0) is 105 Å². The lowest BCUT2D eigenvalue weighted by atomic mass is 10.0. The Balaban J connectivity index is 0.891. The molecule has 9 N–H and O–H groups in total. The van der Waals surface area contributed by atoms with Crippen LogP contribution in [0.4, 0.5) is 8.78 Å². The molecular formula is C53H58F2N9O12PS. The first-order chi connectivity index (χ1) is 37.1. The molecule has 4 aliphatic heterocycles. The Morgan fingerprint density at radius 3 is 2.44 bits per heavy atom. The van der Waals surface area contributed by atoms with E-state index in [0.29, 0.717) is 65.6 Å². The van der Waals surface area contributed by atoms with Gasteiger partial charge >= 0.3 is 13.3 Å². The summed E-state index contributed by atoms with van der Waals surface area (Å²) in [5.74, 6) is 0.909. The SMILES string of the molecule is CN1CC[C@H]2CC[C@@H](C(=O)N[C@@H](CCC(N)=O)C(=O)N[C@H](C(=O)NCCCCC#Cc3cccc4c3CN(C3CCC(=O)NC3=O)C4=O)c3ccccc3)N2C(=O)[C@@H](NC(=O)c2cc3cc(C(F)(F)P(=O)(O)O)ccc3s2)C1. The van der Waals surface area contributed by atoms with E-state index in [-0.39, 0.29) is 73.8 Å². The Morgan fingerprint density at radius 1 is 0.936 bits per heavy atom. The van der Waals surface area contributed by atoms with Crippen LogP contribution in [0.1, 0.15) is 113 Å². The van der Waals surface area contributed by atoms with Crippen LogP contribution in [-0.4, -0.2) is 135 Å². The number of alkyl halides is 2. The molecule has 8 rings (SSSR count). The molecule has 3 aromatic carbocycles. The number of carbonyl (C=O) groups is 9. The van der Waals surface area contributed by atoms with Crippen molar-refractivity contribution in [1.82, 2.24) is 41.3 Å². The third kappa shape index (κ3) is 12.8. The summed E-state index contributed by atoms with van der Waals surface area (Å²) in [6.45, 7) is 0.897. The average Bonchev–Trinajstić information content (AvgIpc) is 4.17. The molecule has 0 bridgehead atoms. The molecule has 1 aromatic heterocycles. The number of primary amides is 1. The van der Waals surface area contributed by atoms with Crippen LogP contribution >= 0.6 is 18.9 Å². The van der Waals surface area contributed by atoms with Crippen molar-refractivity contribution in [3.05, 3.63) is 105 Å². The van der Waals surface area contributed by atoms with E-state index in [9.17, 15) is 66.3 Å². The van der Waals surface area contributed by atoms with E-state index in [2.05, 4.69) is 38.4 Å². The van der Waals surface area contributed by atoms with E-state index in [1.165, 1.54) is 21.9 Å². The lowest BCUT2D eigenvalue weighted by Crippen LogP contribution is -2.61. The molecule has 4 aliphatic rings. The Labute approximate surface area is 450 Å². The molecule has 0 radical (unpaired) electrons. The Bertz CT molecular complexity index is 3160. The number of nitrogens with two attached hydrogens (primary N) is 1. The Morgan fingerprint density at radius 2 is 1.71 bits per heavy atom. The fraction of sp³-hybridized carbons (Fsp3) is 0.415. The standard InChI is InChI=1S/C53H58F2N9O12PS/c1-62-25-23-34-16-18-40(64(34)52(73)38(29-62)59-49(70)42-27-32-26-33(15-20-41(32)78-42)53(54,55)77(74,75)76)48(69)58-37(17-21-43(56)65)46(67)61-45(31-11-6-4-7-12-31)50(71)57-24-8-3-2-5-10-30-13-9-14-35-36(30)28-63(51(35)72)39-19-22-44(66)60-47(39)68/h4,6-7,9,11-15,20,26-27,34,37-40,45H,2-3,8,16-19,21-25,28-29H2,1H3,(H2,56,65)(H,57,71)(H,58,69)(H,59,70)(H,61,67)(H,60,66,68)(H2,74,75,76)/t34-,37+,38+,39?,40+,45+/m1/s1. The minimum atomic E-state index is -5.87. The van der Waals surface area contributed by atoms with Gasteiger partial charge in [0.1, 0.15) is 30.2 Å². The highest BCUT2D eigenvalue weighted by Gasteiger charge is 2.51. The number of thiophene rings is 1.